The monoisotopic (exact) mass is 241 g/mol. The van der Waals surface area contributed by atoms with Crippen molar-refractivity contribution in [1.82, 2.24) is 4.90 Å². The molecule has 0 atom stereocenters. The van der Waals surface area contributed by atoms with Crippen molar-refractivity contribution in [1.29, 1.82) is 0 Å². The molecule has 0 spiro atoms. The Morgan fingerprint density at radius 2 is 1.80 bits per heavy atom. The van der Waals surface area contributed by atoms with Crippen LogP contribution in [0.3, 0.4) is 0 Å². The normalized spacial score (nSPS) is 21.3. The molecular formula is C10H15ClF3N. The molecule has 1 fully saturated rings. The molecule has 1 saturated heterocycles. The molecule has 1 rings (SSSR count). The maximum absolute atomic E-state index is 12.3. The molecular weight excluding hydrogens is 227 g/mol. The lowest BCUT2D eigenvalue weighted by molar-refractivity contribution is -0.184. The fraction of sp³-hybridized carbons (Fsp3) is 0.800. The van der Waals surface area contributed by atoms with Crippen LogP contribution < -0.4 is 0 Å². The second kappa shape index (κ2) is 5.75. The Labute approximate surface area is 92.9 Å². The van der Waals surface area contributed by atoms with E-state index >= 15 is 0 Å². The minimum atomic E-state index is -4.02. The van der Waals surface area contributed by atoms with Crippen LogP contribution in [0.2, 0.25) is 0 Å². The van der Waals surface area contributed by atoms with E-state index < -0.39 is 12.1 Å². The molecule has 0 bridgehead atoms. The minimum Gasteiger partial charge on any atom is -0.300 e. The Kier molecular flexibility index (Phi) is 4.93. The molecule has 0 N–H and O–H groups in total. The Balaban J connectivity index is 2.27. The molecule has 1 heterocycles. The lowest BCUT2D eigenvalue weighted by Crippen LogP contribution is -2.38. The van der Waals surface area contributed by atoms with Crippen LogP contribution in [0.25, 0.3) is 0 Å². The SMILES string of the molecule is FC(F)(F)C1CCN(CC=CCCl)CC1. The smallest absolute Gasteiger partial charge is 0.300 e. The van der Waals surface area contributed by atoms with Crippen molar-refractivity contribution in [3.63, 3.8) is 0 Å². The van der Waals surface area contributed by atoms with Crippen molar-refractivity contribution in [2.75, 3.05) is 25.5 Å². The zero-order valence-electron chi connectivity index (χ0n) is 8.43. The molecule has 0 radical (unpaired) electrons. The first-order valence-electron chi connectivity index (χ1n) is 5.04. The van der Waals surface area contributed by atoms with Gasteiger partial charge in [-0.3, -0.25) is 4.90 Å². The van der Waals surface area contributed by atoms with Gasteiger partial charge in [-0.05, 0) is 25.9 Å². The lowest BCUT2D eigenvalue weighted by atomic mass is 9.96. The number of hydrogen-bond acceptors (Lipinski definition) is 1. The van der Waals surface area contributed by atoms with Gasteiger partial charge in [0.1, 0.15) is 0 Å². The molecule has 88 valence electrons. The average molecular weight is 242 g/mol. The largest absolute Gasteiger partial charge is 0.391 e. The second-order valence-corrected chi connectivity index (χ2v) is 4.05. The molecule has 0 aliphatic carbocycles. The fourth-order valence-electron chi connectivity index (χ4n) is 1.73. The molecule has 1 aliphatic rings. The van der Waals surface area contributed by atoms with E-state index in [2.05, 4.69) is 0 Å². The van der Waals surface area contributed by atoms with Gasteiger partial charge in [-0.15, -0.1) is 11.6 Å². The summed E-state index contributed by atoms with van der Waals surface area (Å²) in [7, 11) is 0. The summed E-state index contributed by atoms with van der Waals surface area (Å²) in [5.41, 5.74) is 0. The molecule has 0 aromatic heterocycles. The first-order chi connectivity index (χ1) is 7.04. The molecule has 1 nitrogen and oxygen atoms in total. The van der Waals surface area contributed by atoms with Crippen LogP contribution in [0.15, 0.2) is 12.2 Å². The quantitative estimate of drug-likeness (QED) is 0.542. The molecule has 5 heteroatoms. The van der Waals surface area contributed by atoms with Gasteiger partial charge in [0.25, 0.3) is 0 Å². The van der Waals surface area contributed by atoms with Crippen molar-refractivity contribution in [3.05, 3.63) is 12.2 Å². The summed E-state index contributed by atoms with van der Waals surface area (Å²) in [6, 6.07) is 0. The van der Waals surface area contributed by atoms with E-state index in [1.54, 1.807) is 0 Å². The predicted molar refractivity (Wildman–Crippen MR) is 55.1 cm³/mol. The van der Waals surface area contributed by atoms with Gasteiger partial charge in [-0.1, -0.05) is 12.2 Å². The highest BCUT2D eigenvalue weighted by Crippen LogP contribution is 2.33. The van der Waals surface area contributed by atoms with Gasteiger partial charge < -0.3 is 0 Å². The number of alkyl halides is 4. The Hall–Kier alpha value is -0.220. The summed E-state index contributed by atoms with van der Waals surface area (Å²) in [6.45, 7) is 1.75. The van der Waals surface area contributed by atoms with Gasteiger partial charge in [0.2, 0.25) is 0 Å². The summed E-state index contributed by atoms with van der Waals surface area (Å²) >= 11 is 5.45. The standard InChI is InChI=1S/C10H15ClF3N/c11-5-1-2-6-15-7-3-9(4-8-15)10(12,13)14/h1-2,9H,3-8H2. The van der Waals surface area contributed by atoms with Gasteiger partial charge in [-0.25, -0.2) is 0 Å². The number of piperidine rings is 1. The molecule has 15 heavy (non-hydrogen) atoms. The summed E-state index contributed by atoms with van der Waals surface area (Å²) < 4.78 is 37.0. The summed E-state index contributed by atoms with van der Waals surface area (Å²) in [5, 5.41) is 0. The number of hydrogen-bond donors (Lipinski definition) is 0. The van der Waals surface area contributed by atoms with Crippen LogP contribution in [0.5, 0.6) is 0 Å². The summed E-state index contributed by atoms with van der Waals surface area (Å²) in [4.78, 5) is 2.02. The maximum Gasteiger partial charge on any atom is 0.391 e. The van der Waals surface area contributed by atoms with E-state index in [1.807, 2.05) is 17.1 Å². The number of allylic oxidation sites excluding steroid dienone is 1. The summed E-state index contributed by atoms with van der Waals surface area (Å²) in [6.07, 6.45) is 0.146. The Morgan fingerprint density at radius 1 is 1.20 bits per heavy atom. The van der Waals surface area contributed by atoms with E-state index in [-0.39, 0.29) is 12.8 Å². The zero-order chi connectivity index (χ0) is 11.3. The number of likely N-dealkylation sites (tertiary alicyclic amines) is 1. The van der Waals surface area contributed by atoms with Crippen molar-refractivity contribution in [2.24, 2.45) is 5.92 Å². The number of nitrogens with zero attached hydrogens (tertiary/aromatic N) is 1. The van der Waals surface area contributed by atoms with Crippen LogP contribution in [-0.2, 0) is 0 Å². The molecule has 0 unspecified atom stereocenters. The van der Waals surface area contributed by atoms with Crippen LogP contribution >= 0.6 is 11.6 Å². The molecule has 1 aliphatic heterocycles. The van der Waals surface area contributed by atoms with E-state index in [9.17, 15) is 13.2 Å². The second-order valence-electron chi connectivity index (χ2n) is 3.74. The third-order valence-electron chi connectivity index (χ3n) is 2.67. The van der Waals surface area contributed by atoms with Gasteiger partial charge in [0.05, 0.1) is 5.92 Å². The van der Waals surface area contributed by atoms with Gasteiger partial charge in [0, 0.05) is 12.4 Å². The van der Waals surface area contributed by atoms with Crippen LogP contribution in [0.4, 0.5) is 13.2 Å². The summed E-state index contributed by atoms with van der Waals surface area (Å²) in [5.74, 6) is -0.648. The van der Waals surface area contributed by atoms with E-state index in [0.717, 1.165) is 0 Å². The minimum absolute atomic E-state index is 0.220. The fourth-order valence-corrected chi connectivity index (χ4v) is 1.86. The predicted octanol–water partition coefficient (Wildman–Crippen LogP) is 3.06. The maximum atomic E-state index is 12.3. The lowest BCUT2D eigenvalue weighted by Gasteiger charge is -2.32. The van der Waals surface area contributed by atoms with Crippen LogP contribution in [0.1, 0.15) is 12.8 Å². The van der Waals surface area contributed by atoms with Gasteiger partial charge in [0.15, 0.2) is 0 Å². The topological polar surface area (TPSA) is 3.24 Å². The van der Waals surface area contributed by atoms with Crippen LogP contribution in [-0.4, -0.2) is 36.6 Å². The van der Waals surface area contributed by atoms with Crippen molar-refractivity contribution >= 4 is 11.6 Å². The Morgan fingerprint density at radius 3 is 2.27 bits per heavy atom. The molecule has 0 aromatic rings. The molecule has 0 saturated carbocycles. The van der Waals surface area contributed by atoms with Crippen LogP contribution in [0, 0.1) is 5.92 Å². The van der Waals surface area contributed by atoms with Crippen molar-refractivity contribution in [2.45, 2.75) is 19.0 Å². The number of rotatable bonds is 3. The first kappa shape index (κ1) is 12.8. The third kappa shape index (κ3) is 4.43. The zero-order valence-corrected chi connectivity index (χ0v) is 9.19. The van der Waals surface area contributed by atoms with E-state index in [0.29, 0.717) is 25.5 Å². The highest BCUT2D eigenvalue weighted by molar-refractivity contribution is 6.18. The number of halogens is 4. The van der Waals surface area contributed by atoms with Crippen molar-refractivity contribution in [3.8, 4) is 0 Å². The third-order valence-corrected chi connectivity index (χ3v) is 2.85. The Bertz CT molecular complexity index is 207. The average Bonchev–Trinajstić information content (AvgIpc) is 2.18. The highest BCUT2D eigenvalue weighted by atomic mass is 35.5. The molecule has 0 aromatic carbocycles. The van der Waals surface area contributed by atoms with E-state index in [1.165, 1.54) is 0 Å². The van der Waals surface area contributed by atoms with Crippen molar-refractivity contribution < 1.29 is 13.2 Å². The highest BCUT2D eigenvalue weighted by Gasteiger charge is 2.40. The van der Waals surface area contributed by atoms with E-state index in [4.69, 9.17) is 11.6 Å². The molecule has 0 amide bonds. The first-order valence-corrected chi connectivity index (χ1v) is 5.57. The van der Waals surface area contributed by atoms with Gasteiger partial charge >= 0.3 is 6.18 Å². The van der Waals surface area contributed by atoms with Gasteiger partial charge in [-0.2, -0.15) is 13.2 Å².